The lowest BCUT2D eigenvalue weighted by atomic mass is 10.2. The third kappa shape index (κ3) is 3.87. The van der Waals surface area contributed by atoms with Crippen LogP contribution in [-0.2, 0) is 13.1 Å². The maximum Gasteiger partial charge on any atom is 0.245 e. The number of imidazole rings is 1. The summed E-state index contributed by atoms with van der Waals surface area (Å²) >= 11 is 6.13. The van der Waals surface area contributed by atoms with Crippen molar-refractivity contribution < 1.29 is 17.0 Å². The van der Waals surface area contributed by atoms with E-state index in [9.17, 15) is 0 Å². The third-order valence-electron chi connectivity index (χ3n) is 4.22. The Kier molecular flexibility index (Phi) is 5.42. The number of rotatable bonds is 4. The second kappa shape index (κ2) is 7.73. The van der Waals surface area contributed by atoms with E-state index in [2.05, 4.69) is 76.1 Å². The predicted molar refractivity (Wildman–Crippen MR) is 98.2 cm³/mol. The van der Waals surface area contributed by atoms with Gasteiger partial charge in [0.15, 0.2) is 11.0 Å². The first kappa shape index (κ1) is 17.5. The Morgan fingerprint density at radius 2 is 1.52 bits per heavy atom. The van der Waals surface area contributed by atoms with Gasteiger partial charge in [-0.1, -0.05) is 66.2 Å². The van der Waals surface area contributed by atoms with Gasteiger partial charge in [0.05, 0.1) is 0 Å². The van der Waals surface area contributed by atoms with Gasteiger partial charge in [-0.3, -0.25) is 0 Å². The molecule has 0 spiro atoms. The summed E-state index contributed by atoms with van der Waals surface area (Å²) in [4.78, 5) is 0. The molecule has 0 fully saturated rings. The molecule has 0 aliphatic heterocycles. The van der Waals surface area contributed by atoms with Crippen molar-refractivity contribution in [2.75, 3.05) is 0 Å². The molecule has 0 amide bonds. The zero-order valence-electron chi connectivity index (χ0n) is 13.6. The number of aromatic nitrogens is 2. The van der Waals surface area contributed by atoms with Crippen LogP contribution in [0.4, 0.5) is 0 Å². The van der Waals surface area contributed by atoms with Crippen molar-refractivity contribution in [2.24, 2.45) is 0 Å². The van der Waals surface area contributed by atoms with E-state index in [1.165, 1.54) is 22.2 Å². The van der Waals surface area contributed by atoms with Crippen molar-refractivity contribution in [3.63, 3.8) is 0 Å². The highest BCUT2D eigenvalue weighted by atomic mass is 35.5. The zero-order chi connectivity index (χ0) is 16.4. The molecule has 0 radical (unpaired) electrons. The maximum absolute atomic E-state index is 6.13. The van der Waals surface area contributed by atoms with E-state index in [0.717, 1.165) is 18.1 Å². The van der Waals surface area contributed by atoms with Gasteiger partial charge < -0.3 is 12.4 Å². The zero-order valence-corrected chi connectivity index (χ0v) is 15.2. The second-order valence-corrected chi connectivity index (χ2v) is 6.41. The summed E-state index contributed by atoms with van der Waals surface area (Å²) in [7, 11) is 0. The van der Waals surface area contributed by atoms with Gasteiger partial charge >= 0.3 is 0 Å². The molecule has 1 heterocycles. The predicted octanol–water partition coefficient (Wildman–Crippen LogP) is 1.68. The van der Waals surface area contributed by atoms with E-state index in [0.29, 0.717) is 0 Å². The molecule has 0 unspecified atom stereocenters. The van der Waals surface area contributed by atoms with Crippen LogP contribution in [0.1, 0.15) is 11.1 Å². The van der Waals surface area contributed by atoms with E-state index in [1.54, 1.807) is 0 Å². The van der Waals surface area contributed by atoms with Crippen LogP contribution in [0, 0.1) is 0 Å². The van der Waals surface area contributed by atoms with Crippen molar-refractivity contribution in [2.45, 2.75) is 13.1 Å². The first-order valence-corrected chi connectivity index (χ1v) is 8.43. The van der Waals surface area contributed by atoms with Gasteiger partial charge in [0.1, 0.15) is 13.1 Å². The molecular formula is C21H18Cl2N2. The Morgan fingerprint density at radius 3 is 2.32 bits per heavy atom. The van der Waals surface area contributed by atoms with Crippen LogP contribution in [0.2, 0.25) is 5.02 Å². The summed E-state index contributed by atoms with van der Waals surface area (Å²) in [6, 6.07) is 27.1. The van der Waals surface area contributed by atoms with Crippen LogP contribution in [0.15, 0.2) is 85.2 Å². The van der Waals surface area contributed by atoms with E-state index in [4.69, 9.17) is 11.6 Å². The van der Waals surface area contributed by atoms with E-state index < -0.39 is 0 Å². The maximum atomic E-state index is 6.13. The van der Waals surface area contributed by atoms with Gasteiger partial charge in [-0.25, -0.2) is 9.13 Å². The van der Waals surface area contributed by atoms with Crippen molar-refractivity contribution in [1.82, 2.24) is 4.57 Å². The Hall–Kier alpha value is -2.29. The van der Waals surface area contributed by atoms with Crippen molar-refractivity contribution >= 4 is 22.6 Å². The molecular weight excluding hydrogens is 351 g/mol. The van der Waals surface area contributed by atoms with Crippen molar-refractivity contribution in [3.05, 3.63) is 101 Å². The largest absolute Gasteiger partial charge is 1.00 e. The van der Waals surface area contributed by atoms with E-state index in [-0.39, 0.29) is 12.4 Å². The lowest BCUT2D eigenvalue weighted by molar-refractivity contribution is -0.663. The fourth-order valence-electron chi connectivity index (χ4n) is 3.11. The topological polar surface area (TPSA) is 8.81 Å². The monoisotopic (exact) mass is 368 g/mol. The summed E-state index contributed by atoms with van der Waals surface area (Å²) in [5.74, 6) is 0. The van der Waals surface area contributed by atoms with Gasteiger partial charge in [-0.15, -0.1) is 0 Å². The molecule has 0 aliphatic carbocycles. The first-order chi connectivity index (χ1) is 11.8. The Balaban J connectivity index is 0.00000182. The molecule has 0 saturated heterocycles. The first-order valence-electron chi connectivity index (χ1n) is 8.05. The SMILES string of the molecule is Clc1cccc(C[n+]2cn(Cc3ccccc3)c3ccccc32)c1.[Cl-]. The molecule has 1 aromatic heterocycles. The third-order valence-corrected chi connectivity index (χ3v) is 4.45. The average Bonchev–Trinajstić information content (AvgIpc) is 2.94. The minimum Gasteiger partial charge on any atom is -1.00 e. The molecule has 0 N–H and O–H groups in total. The van der Waals surface area contributed by atoms with E-state index in [1.807, 2.05) is 18.2 Å². The highest BCUT2D eigenvalue weighted by Crippen LogP contribution is 2.15. The molecule has 3 aromatic carbocycles. The van der Waals surface area contributed by atoms with Gasteiger partial charge in [0, 0.05) is 5.02 Å². The van der Waals surface area contributed by atoms with Crippen molar-refractivity contribution in [3.8, 4) is 0 Å². The molecule has 126 valence electrons. The molecule has 25 heavy (non-hydrogen) atoms. The summed E-state index contributed by atoms with van der Waals surface area (Å²) in [5, 5.41) is 0.779. The van der Waals surface area contributed by atoms with Crippen LogP contribution in [0.25, 0.3) is 11.0 Å². The van der Waals surface area contributed by atoms with Gasteiger partial charge in [-0.05, 0) is 35.4 Å². The number of hydrogen-bond acceptors (Lipinski definition) is 0. The molecule has 4 heteroatoms. The minimum absolute atomic E-state index is 0. The highest BCUT2D eigenvalue weighted by molar-refractivity contribution is 6.30. The van der Waals surface area contributed by atoms with Gasteiger partial charge in [0.2, 0.25) is 6.33 Å². The van der Waals surface area contributed by atoms with E-state index >= 15 is 0 Å². The smallest absolute Gasteiger partial charge is 0.245 e. The molecule has 0 aliphatic rings. The number of para-hydroxylation sites is 2. The summed E-state index contributed by atoms with van der Waals surface area (Å²) < 4.78 is 4.58. The summed E-state index contributed by atoms with van der Waals surface area (Å²) in [6.45, 7) is 1.67. The number of benzene rings is 3. The van der Waals surface area contributed by atoms with Gasteiger partial charge in [0.25, 0.3) is 0 Å². The molecule has 4 aromatic rings. The van der Waals surface area contributed by atoms with Crippen molar-refractivity contribution in [1.29, 1.82) is 0 Å². The Bertz CT molecular complexity index is 978. The lowest BCUT2D eigenvalue weighted by Crippen LogP contribution is -3.00. The van der Waals surface area contributed by atoms with Crippen LogP contribution < -0.4 is 17.0 Å². The number of halogens is 2. The van der Waals surface area contributed by atoms with Crippen LogP contribution in [0.5, 0.6) is 0 Å². The fraction of sp³-hybridized carbons (Fsp3) is 0.0952. The Labute approximate surface area is 158 Å². The molecule has 0 saturated carbocycles. The normalized spacial score (nSPS) is 10.6. The standard InChI is InChI=1S/C21H18ClN2.ClH/c22-19-10-6-9-18(13-19)15-24-16-23(14-17-7-2-1-3-8-17)20-11-4-5-12-21(20)24;/h1-13,16H,14-15H2;1H/q+1;/p-1. The second-order valence-electron chi connectivity index (χ2n) is 5.98. The lowest BCUT2D eigenvalue weighted by Gasteiger charge is -1.99. The van der Waals surface area contributed by atoms with Crippen LogP contribution in [0.3, 0.4) is 0 Å². The number of nitrogens with zero attached hydrogens (tertiary/aromatic N) is 2. The average molecular weight is 369 g/mol. The molecule has 2 nitrogen and oxygen atoms in total. The van der Waals surface area contributed by atoms with Crippen LogP contribution in [-0.4, -0.2) is 4.57 Å². The number of fused-ring (bicyclic) bond motifs is 1. The molecule has 0 atom stereocenters. The fourth-order valence-corrected chi connectivity index (χ4v) is 3.32. The van der Waals surface area contributed by atoms with Crippen LogP contribution >= 0.6 is 11.6 Å². The summed E-state index contributed by atoms with van der Waals surface area (Å²) in [6.07, 6.45) is 2.19. The minimum atomic E-state index is 0. The van der Waals surface area contributed by atoms with Gasteiger partial charge in [-0.2, -0.15) is 0 Å². The quantitative estimate of drug-likeness (QED) is 0.484. The molecule has 4 rings (SSSR count). The number of hydrogen-bond donors (Lipinski definition) is 0. The highest BCUT2D eigenvalue weighted by Gasteiger charge is 2.15. The Morgan fingerprint density at radius 1 is 0.800 bits per heavy atom. The summed E-state index contributed by atoms with van der Waals surface area (Å²) in [5.41, 5.74) is 4.97. The molecule has 0 bridgehead atoms.